The van der Waals surface area contributed by atoms with Crippen LogP contribution in [0.25, 0.3) is 0 Å². The van der Waals surface area contributed by atoms with Crippen LogP contribution < -0.4 is 5.32 Å². The van der Waals surface area contributed by atoms with Crippen molar-refractivity contribution in [1.82, 2.24) is 5.32 Å². The normalized spacial score (nSPS) is 36.7. The second kappa shape index (κ2) is 5.85. The Kier molecular flexibility index (Phi) is 4.70. The van der Waals surface area contributed by atoms with Crippen LogP contribution in [-0.2, 0) is 15.5 Å². The first-order valence-corrected chi connectivity index (χ1v) is 8.84. The van der Waals surface area contributed by atoms with Gasteiger partial charge < -0.3 is 10.1 Å². The molecular weight excluding hydrogens is 242 g/mol. The van der Waals surface area contributed by atoms with Gasteiger partial charge in [0.15, 0.2) is 0 Å². The average Bonchev–Trinajstić information content (AvgIpc) is 2.66. The first-order valence-electron chi connectivity index (χ1n) is 5.95. The van der Waals surface area contributed by atoms with Gasteiger partial charge in [-0.1, -0.05) is 0 Å². The lowest BCUT2D eigenvalue weighted by Gasteiger charge is -2.38. The van der Waals surface area contributed by atoms with E-state index in [2.05, 4.69) is 5.32 Å². The highest BCUT2D eigenvalue weighted by molar-refractivity contribution is 7.99. The van der Waals surface area contributed by atoms with Crippen molar-refractivity contribution in [2.24, 2.45) is 0 Å². The fourth-order valence-electron chi connectivity index (χ4n) is 2.47. The summed E-state index contributed by atoms with van der Waals surface area (Å²) in [5, 5.41) is 3.52. The maximum absolute atomic E-state index is 11.0. The number of thioether (sulfide) groups is 1. The van der Waals surface area contributed by atoms with Crippen LogP contribution >= 0.6 is 11.8 Å². The third-order valence-electron chi connectivity index (χ3n) is 3.38. The zero-order valence-corrected chi connectivity index (χ0v) is 11.5. The van der Waals surface area contributed by atoms with Crippen LogP contribution in [0.2, 0.25) is 0 Å². The molecule has 0 aromatic carbocycles. The summed E-state index contributed by atoms with van der Waals surface area (Å²) in [7, 11) is -0.678. The third-order valence-corrected chi connectivity index (χ3v) is 5.38. The van der Waals surface area contributed by atoms with Crippen LogP contribution in [0, 0.1) is 0 Å². The van der Waals surface area contributed by atoms with Gasteiger partial charge in [0.25, 0.3) is 0 Å². The molecule has 0 aliphatic carbocycles. The number of rotatable bonds is 4. The standard InChI is InChI=1S/C11H21NO2S2/c1-16(13)7-4-12-10-2-5-14-11(8-10)3-6-15-9-11/h10,12H,2-9H2,1H3. The molecule has 1 spiro atoms. The third kappa shape index (κ3) is 3.45. The van der Waals surface area contributed by atoms with E-state index in [9.17, 15) is 4.21 Å². The second-order valence-corrected chi connectivity index (χ2v) is 7.42. The monoisotopic (exact) mass is 263 g/mol. The van der Waals surface area contributed by atoms with Gasteiger partial charge in [0.05, 0.1) is 5.60 Å². The Morgan fingerprint density at radius 2 is 2.50 bits per heavy atom. The first-order chi connectivity index (χ1) is 7.70. The van der Waals surface area contributed by atoms with E-state index in [-0.39, 0.29) is 5.60 Å². The van der Waals surface area contributed by atoms with Crippen molar-refractivity contribution in [3.8, 4) is 0 Å². The Morgan fingerprint density at radius 1 is 1.62 bits per heavy atom. The van der Waals surface area contributed by atoms with E-state index < -0.39 is 10.8 Å². The molecule has 3 atom stereocenters. The van der Waals surface area contributed by atoms with E-state index in [0.717, 1.165) is 37.5 Å². The lowest BCUT2D eigenvalue weighted by molar-refractivity contribution is -0.0698. The first kappa shape index (κ1) is 12.9. The number of hydrogen-bond donors (Lipinski definition) is 1. The van der Waals surface area contributed by atoms with Crippen molar-refractivity contribution in [3.63, 3.8) is 0 Å². The Labute approximate surface area is 105 Å². The lowest BCUT2D eigenvalue weighted by atomic mass is 9.90. The van der Waals surface area contributed by atoms with Gasteiger partial charge in [0.2, 0.25) is 0 Å². The molecule has 16 heavy (non-hydrogen) atoms. The molecule has 1 N–H and O–H groups in total. The van der Waals surface area contributed by atoms with Crippen LogP contribution in [-0.4, -0.2) is 52.5 Å². The summed E-state index contributed by atoms with van der Waals surface area (Å²) in [6.45, 7) is 1.75. The van der Waals surface area contributed by atoms with Gasteiger partial charge in [0.1, 0.15) is 0 Å². The maximum atomic E-state index is 11.0. The van der Waals surface area contributed by atoms with Crippen molar-refractivity contribution < 1.29 is 8.95 Å². The number of ether oxygens (including phenoxy) is 1. The van der Waals surface area contributed by atoms with Gasteiger partial charge in [-0.15, -0.1) is 0 Å². The van der Waals surface area contributed by atoms with Crippen LogP contribution in [0.1, 0.15) is 19.3 Å². The van der Waals surface area contributed by atoms with Crippen LogP contribution in [0.3, 0.4) is 0 Å². The summed E-state index contributed by atoms with van der Waals surface area (Å²) in [5.41, 5.74) is 0.159. The molecule has 94 valence electrons. The van der Waals surface area contributed by atoms with Crippen LogP contribution in [0.4, 0.5) is 0 Å². The fourth-order valence-corrected chi connectivity index (χ4v) is 4.26. The van der Waals surface area contributed by atoms with Crippen molar-refractivity contribution in [1.29, 1.82) is 0 Å². The molecule has 0 amide bonds. The molecule has 2 aliphatic rings. The average molecular weight is 263 g/mol. The highest BCUT2D eigenvalue weighted by Gasteiger charge is 2.40. The molecule has 2 aliphatic heterocycles. The van der Waals surface area contributed by atoms with Gasteiger partial charge in [-0.05, 0) is 25.0 Å². The fraction of sp³-hybridized carbons (Fsp3) is 1.00. The van der Waals surface area contributed by atoms with E-state index in [1.165, 1.54) is 12.2 Å². The topological polar surface area (TPSA) is 38.3 Å². The number of hydrogen-bond acceptors (Lipinski definition) is 4. The molecule has 0 bridgehead atoms. The molecule has 0 aromatic heterocycles. The molecule has 0 radical (unpaired) electrons. The van der Waals surface area contributed by atoms with Crippen molar-refractivity contribution in [2.75, 3.05) is 36.7 Å². The summed E-state index contributed by atoms with van der Waals surface area (Å²) in [4.78, 5) is 0. The van der Waals surface area contributed by atoms with Crippen molar-refractivity contribution >= 4 is 22.6 Å². The van der Waals surface area contributed by atoms with Crippen molar-refractivity contribution in [3.05, 3.63) is 0 Å². The highest BCUT2D eigenvalue weighted by atomic mass is 32.2. The van der Waals surface area contributed by atoms with Crippen LogP contribution in [0.15, 0.2) is 0 Å². The predicted octanol–water partition coefficient (Wildman–Crippen LogP) is 1.01. The van der Waals surface area contributed by atoms with E-state index >= 15 is 0 Å². The minimum absolute atomic E-state index is 0.159. The zero-order valence-electron chi connectivity index (χ0n) is 9.87. The molecule has 0 aromatic rings. The largest absolute Gasteiger partial charge is 0.374 e. The lowest BCUT2D eigenvalue weighted by Crippen LogP contribution is -2.47. The zero-order chi connectivity index (χ0) is 11.4. The molecule has 2 saturated heterocycles. The van der Waals surface area contributed by atoms with E-state index in [0.29, 0.717) is 6.04 Å². The van der Waals surface area contributed by atoms with Gasteiger partial charge in [0, 0.05) is 47.8 Å². The minimum Gasteiger partial charge on any atom is -0.374 e. The summed E-state index contributed by atoms with van der Waals surface area (Å²) in [5.74, 6) is 3.16. The Bertz CT molecular complexity index is 254. The van der Waals surface area contributed by atoms with E-state index in [1.807, 2.05) is 11.8 Å². The number of nitrogens with one attached hydrogen (secondary N) is 1. The molecule has 2 fully saturated rings. The minimum atomic E-state index is -0.678. The van der Waals surface area contributed by atoms with E-state index in [1.54, 1.807) is 6.26 Å². The molecule has 2 heterocycles. The second-order valence-electron chi connectivity index (χ2n) is 4.76. The summed E-state index contributed by atoms with van der Waals surface area (Å²) in [6, 6.07) is 0.566. The highest BCUT2D eigenvalue weighted by Crippen LogP contribution is 2.38. The van der Waals surface area contributed by atoms with Gasteiger partial charge in [-0.25, -0.2) is 0 Å². The summed E-state index contributed by atoms with van der Waals surface area (Å²) >= 11 is 2.01. The quantitative estimate of drug-likeness (QED) is 0.821. The Morgan fingerprint density at radius 3 is 3.19 bits per heavy atom. The predicted molar refractivity (Wildman–Crippen MR) is 70.6 cm³/mol. The summed E-state index contributed by atoms with van der Waals surface area (Å²) < 4.78 is 16.9. The molecular formula is C11H21NO2S2. The molecule has 5 heteroatoms. The SMILES string of the molecule is CS(=O)CCNC1CCOC2(CCSC2)C1. The van der Waals surface area contributed by atoms with E-state index in [4.69, 9.17) is 4.74 Å². The molecule has 3 nitrogen and oxygen atoms in total. The Balaban J connectivity index is 1.76. The van der Waals surface area contributed by atoms with Crippen LogP contribution in [0.5, 0.6) is 0 Å². The van der Waals surface area contributed by atoms with Gasteiger partial charge >= 0.3 is 0 Å². The molecule has 3 unspecified atom stereocenters. The van der Waals surface area contributed by atoms with Gasteiger partial charge in [-0.2, -0.15) is 11.8 Å². The Hall–Kier alpha value is 0.420. The van der Waals surface area contributed by atoms with Gasteiger partial charge in [-0.3, -0.25) is 4.21 Å². The molecule has 2 rings (SSSR count). The van der Waals surface area contributed by atoms with Crippen molar-refractivity contribution in [2.45, 2.75) is 30.9 Å². The summed E-state index contributed by atoms with van der Waals surface area (Å²) in [6.07, 6.45) is 5.20. The molecule has 0 saturated carbocycles. The smallest absolute Gasteiger partial charge is 0.0795 e. The maximum Gasteiger partial charge on any atom is 0.0795 e.